The summed E-state index contributed by atoms with van der Waals surface area (Å²) in [7, 11) is 0. The van der Waals surface area contributed by atoms with Gasteiger partial charge in [0, 0.05) is 0 Å². The number of nitrogens with zero attached hydrogens (tertiary/aromatic N) is 3. The van der Waals surface area contributed by atoms with Crippen molar-refractivity contribution in [3.63, 3.8) is 0 Å². The van der Waals surface area contributed by atoms with Crippen LogP contribution in [0.2, 0.25) is 0 Å². The third kappa shape index (κ3) is 3.22. The summed E-state index contributed by atoms with van der Waals surface area (Å²) in [6, 6.07) is 2.66. The molecule has 0 unspecified atom stereocenters. The van der Waals surface area contributed by atoms with Crippen molar-refractivity contribution in [1.82, 2.24) is 0 Å². The van der Waals surface area contributed by atoms with Crippen molar-refractivity contribution >= 4 is 17.5 Å². The molecule has 0 N–H and O–H groups in total. The molecular formula is C15H16F3N3O2. The van der Waals surface area contributed by atoms with E-state index < -0.39 is 17.8 Å². The lowest BCUT2D eigenvalue weighted by Gasteiger charge is -2.34. The van der Waals surface area contributed by atoms with Crippen molar-refractivity contribution in [2.75, 3.05) is 11.5 Å². The van der Waals surface area contributed by atoms with E-state index in [2.05, 4.69) is 4.79 Å². The Labute approximate surface area is 131 Å². The van der Waals surface area contributed by atoms with Gasteiger partial charge in [-0.2, -0.15) is 18.0 Å². The quantitative estimate of drug-likeness (QED) is 0.611. The zero-order valence-electron chi connectivity index (χ0n) is 12.7. The first-order valence-corrected chi connectivity index (χ1v) is 7.22. The number of anilines is 1. The molecule has 1 amide bonds. The van der Waals surface area contributed by atoms with E-state index in [0.29, 0.717) is 6.42 Å². The highest BCUT2D eigenvalue weighted by Gasteiger charge is 2.40. The van der Waals surface area contributed by atoms with Crippen LogP contribution in [0.4, 0.5) is 23.7 Å². The molecule has 124 valence electrons. The first-order valence-electron chi connectivity index (χ1n) is 7.22. The fourth-order valence-corrected chi connectivity index (χ4v) is 2.64. The molecule has 0 saturated carbocycles. The third-order valence-corrected chi connectivity index (χ3v) is 3.74. The SMILES string of the molecule is CCOC(=O)N1c2ccc(C(F)(F)F)cc2C(=[N+]=[N-])C[C@H]1CC. The zero-order valence-corrected chi connectivity index (χ0v) is 12.7. The van der Waals surface area contributed by atoms with Gasteiger partial charge in [0.1, 0.15) is 0 Å². The molecular weight excluding hydrogens is 311 g/mol. The van der Waals surface area contributed by atoms with Gasteiger partial charge < -0.3 is 10.3 Å². The number of alkyl halides is 3. The lowest BCUT2D eigenvalue weighted by molar-refractivity contribution is -0.137. The van der Waals surface area contributed by atoms with Crippen LogP contribution in [0.3, 0.4) is 0 Å². The second-order valence-electron chi connectivity index (χ2n) is 5.11. The normalized spacial score (nSPS) is 17.5. The summed E-state index contributed by atoms with van der Waals surface area (Å²) in [5, 5.41) is 0. The maximum absolute atomic E-state index is 12.9. The number of amides is 1. The Morgan fingerprint density at radius 2 is 2.13 bits per heavy atom. The minimum atomic E-state index is -4.52. The highest BCUT2D eigenvalue weighted by molar-refractivity contribution is 6.08. The van der Waals surface area contributed by atoms with Crippen LogP contribution in [0.15, 0.2) is 18.2 Å². The first kappa shape index (κ1) is 17.0. The molecule has 1 aliphatic heterocycles. The molecule has 0 aromatic heterocycles. The van der Waals surface area contributed by atoms with E-state index >= 15 is 0 Å². The largest absolute Gasteiger partial charge is 0.449 e. The monoisotopic (exact) mass is 327 g/mol. The molecule has 1 heterocycles. The average molecular weight is 327 g/mol. The highest BCUT2D eigenvalue weighted by atomic mass is 19.4. The first-order chi connectivity index (χ1) is 10.8. The summed E-state index contributed by atoms with van der Waals surface area (Å²) in [5.41, 5.74) is 8.74. The lowest BCUT2D eigenvalue weighted by Crippen LogP contribution is -2.46. The number of hydrogen-bond donors (Lipinski definition) is 0. The van der Waals surface area contributed by atoms with Crippen molar-refractivity contribution in [1.29, 1.82) is 0 Å². The van der Waals surface area contributed by atoms with Crippen LogP contribution in [0.1, 0.15) is 37.8 Å². The van der Waals surface area contributed by atoms with Crippen molar-refractivity contribution < 1.29 is 27.5 Å². The summed E-state index contributed by atoms with van der Waals surface area (Å²) < 4.78 is 43.7. The van der Waals surface area contributed by atoms with E-state index in [1.54, 1.807) is 6.92 Å². The predicted octanol–water partition coefficient (Wildman–Crippen LogP) is 3.87. The molecule has 1 aliphatic rings. The molecule has 23 heavy (non-hydrogen) atoms. The van der Waals surface area contributed by atoms with Crippen LogP contribution in [-0.2, 0) is 10.9 Å². The second-order valence-corrected chi connectivity index (χ2v) is 5.11. The van der Waals surface area contributed by atoms with Crippen LogP contribution in [-0.4, -0.2) is 29.2 Å². The Morgan fingerprint density at radius 1 is 1.43 bits per heavy atom. The lowest BCUT2D eigenvalue weighted by atomic mass is 9.91. The van der Waals surface area contributed by atoms with Crippen LogP contribution in [0.5, 0.6) is 0 Å². The smallest absolute Gasteiger partial charge is 0.416 e. The van der Waals surface area contributed by atoms with Gasteiger partial charge in [-0.1, -0.05) is 6.92 Å². The van der Waals surface area contributed by atoms with Crippen LogP contribution >= 0.6 is 0 Å². The van der Waals surface area contributed by atoms with E-state index in [9.17, 15) is 18.0 Å². The maximum atomic E-state index is 12.9. The number of benzene rings is 1. The molecule has 0 fully saturated rings. The summed E-state index contributed by atoms with van der Waals surface area (Å²) in [6.45, 7) is 3.64. The van der Waals surface area contributed by atoms with Gasteiger partial charge in [0.05, 0.1) is 35.9 Å². The molecule has 0 aliphatic carbocycles. The average Bonchev–Trinajstić information content (AvgIpc) is 2.51. The fourth-order valence-electron chi connectivity index (χ4n) is 2.64. The van der Waals surface area contributed by atoms with E-state index in [-0.39, 0.29) is 36.0 Å². The number of rotatable bonds is 2. The van der Waals surface area contributed by atoms with Crippen molar-refractivity contribution in [3.8, 4) is 0 Å². The van der Waals surface area contributed by atoms with Gasteiger partial charge in [-0.05, 0) is 31.5 Å². The molecule has 2 rings (SSSR count). The molecule has 0 spiro atoms. The third-order valence-electron chi connectivity index (χ3n) is 3.74. The summed E-state index contributed by atoms with van der Waals surface area (Å²) in [4.78, 5) is 16.6. The van der Waals surface area contributed by atoms with E-state index in [1.165, 1.54) is 11.0 Å². The summed E-state index contributed by atoms with van der Waals surface area (Å²) >= 11 is 0. The van der Waals surface area contributed by atoms with Crippen molar-refractivity contribution in [3.05, 3.63) is 34.9 Å². The van der Waals surface area contributed by atoms with Crippen LogP contribution < -0.4 is 4.90 Å². The molecule has 5 nitrogen and oxygen atoms in total. The zero-order chi connectivity index (χ0) is 17.2. The minimum absolute atomic E-state index is 0.0834. The number of carbonyl (C=O) groups excluding carboxylic acids is 1. The number of carbonyl (C=O) groups is 1. The maximum Gasteiger partial charge on any atom is 0.416 e. The minimum Gasteiger partial charge on any atom is -0.449 e. The van der Waals surface area contributed by atoms with E-state index in [1.807, 2.05) is 6.92 Å². The number of fused-ring (bicyclic) bond motifs is 1. The van der Waals surface area contributed by atoms with Crippen LogP contribution in [0, 0.1) is 0 Å². The Hall–Kier alpha value is -2.34. The van der Waals surface area contributed by atoms with Gasteiger partial charge >= 0.3 is 18.0 Å². The van der Waals surface area contributed by atoms with E-state index in [4.69, 9.17) is 10.3 Å². The Bertz CT molecular complexity index is 666. The number of halogens is 3. The van der Waals surface area contributed by atoms with E-state index in [0.717, 1.165) is 12.1 Å². The topological polar surface area (TPSA) is 65.9 Å². The second kappa shape index (κ2) is 6.42. The Kier molecular flexibility index (Phi) is 4.75. The van der Waals surface area contributed by atoms with Gasteiger partial charge in [0.25, 0.3) is 0 Å². The molecule has 0 bridgehead atoms. The highest BCUT2D eigenvalue weighted by Crippen LogP contribution is 2.37. The van der Waals surface area contributed by atoms with Gasteiger partial charge in [-0.3, -0.25) is 4.90 Å². The van der Waals surface area contributed by atoms with Crippen molar-refractivity contribution in [2.24, 2.45) is 0 Å². The molecule has 1 atom stereocenters. The summed E-state index contributed by atoms with van der Waals surface area (Å²) in [6.07, 6.45) is -4.46. The van der Waals surface area contributed by atoms with Crippen LogP contribution in [0.25, 0.3) is 5.53 Å². The van der Waals surface area contributed by atoms with Gasteiger partial charge in [0.15, 0.2) is 0 Å². The molecule has 8 heteroatoms. The number of ether oxygens (including phenoxy) is 1. The molecule has 0 radical (unpaired) electrons. The van der Waals surface area contributed by atoms with Gasteiger partial charge in [-0.25, -0.2) is 4.79 Å². The molecule has 1 aromatic rings. The number of hydrogen-bond acceptors (Lipinski definition) is 2. The standard InChI is InChI=1S/C15H16F3N3O2/c1-3-10-8-12(20-19)11-7-9(15(16,17)18)5-6-13(11)21(10)14(22)23-4-2/h5-7,10H,3-4,8H2,1-2H3/t10-/m1/s1. The molecule has 0 saturated heterocycles. The Morgan fingerprint density at radius 3 is 2.65 bits per heavy atom. The Balaban J connectivity index is 2.60. The molecule has 1 aromatic carbocycles. The van der Waals surface area contributed by atoms with Gasteiger partial charge in [-0.15, -0.1) is 0 Å². The summed E-state index contributed by atoms with van der Waals surface area (Å²) in [5.74, 6) is 0. The van der Waals surface area contributed by atoms with Crippen molar-refractivity contribution in [2.45, 2.75) is 38.9 Å². The predicted molar refractivity (Wildman–Crippen MR) is 77.4 cm³/mol. The van der Waals surface area contributed by atoms with Gasteiger partial charge in [0.2, 0.25) is 0 Å². The fraction of sp³-hybridized carbons (Fsp3) is 0.467.